The molecule has 0 radical (unpaired) electrons. The minimum Gasteiger partial charge on any atom is -0.311 e. The van der Waals surface area contributed by atoms with Crippen molar-refractivity contribution in [3.05, 3.63) is 90.2 Å². The van der Waals surface area contributed by atoms with Gasteiger partial charge in [-0.25, -0.2) is 12.8 Å². The molecule has 138 valence electrons. The lowest BCUT2D eigenvalue weighted by Crippen LogP contribution is -2.26. The molecular weight excluding hydrogens is 367 g/mol. The van der Waals surface area contributed by atoms with Crippen LogP contribution in [0.1, 0.15) is 10.4 Å². The Morgan fingerprint density at radius 1 is 0.926 bits per heavy atom. The molecule has 0 aliphatic rings. The minimum absolute atomic E-state index is 0.0842. The Balaban J connectivity index is 1.87. The van der Waals surface area contributed by atoms with Crippen LogP contribution in [0.4, 0.5) is 15.8 Å². The number of carbonyl (C=O) groups is 1. The summed E-state index contributed by atoms with van der Waals surface area (Å²) in [5.41, 5.74) is 1.02. The van der Waals surface area contributed by atoms with E-state index in [4.69, 9.17) is 0 Å². The summed E-state index contributed by atoms with van der Waals surface area (Å²) < 4.78 is 40.7. The highest BCUT2D eigenvalue weighted by atomic mass is 32.2. The molecule has 3 aromatic carbocycles. The lowest BCUT2D eigenvalue weighted by atomic mass is 10.2. The van der Waals surface area contributed by atoms with E-state index in [1.54, 1.807) is 25.2 Å². The van der Waals surface area contributed by atoms with Crippen LogP contribution in [0, 0.1) is 5.82 Å². The molecule has 0 unspecified atom stereocenters. The van der Waals surface area contributed by atoms with Gasteiger partial charge in [0.25, 0.3) is 15.9 Å². The van der Waals surface area contributed by atoms with Crippen molar-refractivity contribution in [2.45, 2.75) is 4.90 Å². The van der Waals surface area contributed by atoms with Gasteiger partial charge in [0.15, 0.2) is 0 Å². The zero-order valence-electron chi connectivity index (χ0n) is 14.5. The number of nitrogens with one attached hydrogen (secondary N) is 1. The van der Waals surface area contributed by atoms with Crippen molar-refractivity contribution in [2.75, 3.05) is 16.7 Å². The number of hydrogen-bond acceptors (Lipinski definition) is 3. The van der Waals surface area contributed by atoms with Crippen molar-refractivity contribution in [2.24, 2.45) is 0 Å². The van der Waals surface area contributed by atoms with Crippen molar-refractivity contribution < 1.29 is 17.6 Å². The lowest BCUT2D eigenvalue weighted by Gasteiger charge is -2.17. The smallest absolute Gasteiger partial charge is 0.261 e. The van der Waals surface area contributed by atoms with Crippen molar-refractivity contribution in [3.63, 3.8) is 0 Å². The lowest BCUT2D eigenvalue weighted by molar-refractivity contribution is 0.0993. The van der Waals surface area contributed by atoms with Gasteiger partial charge in [-0.1, -0.05) is 30.3 Å². The average Bonchev–Trinajstić information content (AvgIpc) is 2.67. The minimum atomic E-state index is -3.96. The van der Waals surface area contributed by atoms with Gasteiger partial charge < -0.3 is 4.90 Å². The second-order valence-electron chi connectivity index (χ2n) is 5.84. The van der Waals surface area contributed by atoms with Gasteiger partial charge in [-0.3, -0.25) is 9.52 Å². The average molecular weight is 384 g/mol. The third-order valence-electron chi connectivity index (χ3n) is 3.92. The Labute approximate surface area is 157 Å². The molecule has 3 rings (SSSR count). The molecule has 7 heteroatoms. The molecule has 0 atom stereocenters. The summed E-state index contributed by atoms with van der Waals surface area (Å²) in [5, 5.41) is 0. The first-order valence-electron chi connectivity index (χ1n) is 8.08. The monoisotopic (exact) mass is 384 g/mol. The van der Waals surface area contributed by atoms with Gasteiger partial charge in [0, 0.05) is 18.3 Å². The van der Waals surface area contributed by atoms with Crippen LogP contribution >= 0.6 is 0 Å². The summed E-state index contributed by atoms with van der Waals surface area (Å²) in [6.07, 6.45) is 0. The molecule has 1 amide bonds. The summed E-state index contributed by atoms with van der Waals surface area (Å²) in [7, 11) is -2.35. The van der Waals surface area contributed by atoms with E-state index in [0.717, 1.165) is 6.07 Å². The Morgan fingerprint density at radius 3 is 2.33 bits per heavy atom. The number of benzene rings is 3. The van der Waals surface area contributed by atoms with Gasteiger partial charge in [-0.05, 0) is 48.5 Å². The van der Waals surface area contributed by atoms with Crippen molar-refractivity contribution in [1.82, 2.24) is 0 Å². The Bertz CT molecular complexity index is 1070. The third kappa shape index (κ3) is 4.32. The molecule has 0 aliphatic heterocycles. The van der Waals surface area contributed by atoms with Crippen molar-refractivity contribution >= 4 is 27.3 Å². The predicted octanol–water partition coefficient (Wildman–Crippen LogP) is 3.90. The van der Waals surface area contributed by atoms with Crippen LogP contribution in [0.2, 0.25) is 0 Å². The molecule has 3 aromatic rings. The highest BCUT2D eigenvalue weighted by Gasteiger charge is 2.19. The summed E-state index contributed by atoms with van der Waals surface area (Å²) >= 11 is 0. The normalized spacial score (nSPS) is 11.0. The standard InChI is InChI=1S/C20H17FN2O3S/c1-23(18-10-3-2-4-11-18)20(24)15-7-5-12-19(13-15)27(25,26)22-17-9-6-8-16(21)14-17/h2-14,22H,1H3. The quantitative estimate of drug-likeness (QED) is 0.725. The van der Waals surface area contributed by atoms with E-state index in [9.17, 15) is 17.6 Å². The van der Waals surface area contributed by atoms with Gasteiger partial charge in [0.05, 0.1) is 10.6 Å². The molecule has 0 fully saturated rings. The molecule has 0 saturated heterocycles. The Morgan fingerprint density at radius 2 is 1.63 bits per heavy atom. The number of para-hydroxylation sites is 1. The van der Waals surface area contributed by atoms with Crippen molar-refractivity contribution in [1.29, 1.82) is 0 Å². The molecule has 0 spiro atoms. The molecule has 0 heterocycles. The molecule has 27 heavy (non-hydrogen) atoms. The van der Waals surface area contributed by atoms with E-state index >= 15 is 0 Å². The number of carbonyl (C=O) groups excluding carboxylic acids is 1. The first-order valence-corrected chi connectivity index (χ1v) is 9.57. The number of halogens is 1. The van der Waals surface area contributed by atoms with Crippen LogP contribution in [0.25, 0.3) is 0 Å². The molecule has 0 bridgehead atoms. The van der Waals surface area contributed by atoms with Crippen molar-refractivity contribution in [3.8, 4) is 0 Å². The van der Waals surface area contributed by atoms with Crippen LogP contribution in [-0.4, -0.2) is 21.4 Å². The summed E-state index contributed by atoms with van der Waals surface area (Å²) in [6.45, 7) is 0. The van der Waals surface area contributed by atoms with E-state index in [-0.39, 0.29) is 22.1 Å². The van der Waals surface area contributed by atoms with E-state index in [0.29, 0.717) is 5.69 Å². The predicted molar refractivity (Wildman–Crippen MR) is 103 cm³/mol. The van der Waals surface area contributed by atoms with Crippen LogP contribution in [-0.2, 0) is 10.0 Å². The van der Waals surface area contributed by atoms with Gasteiger partial charge in [0.1, 0.15) is 5.82 Å². The SMILES string of the molecule is CN(C(=O)c1cccc(S(=O)(=O)Nc2cccc(F)c2)c1)c1ccccc1. The molecule has 0 saturated carbocycles. The largest absolute Gasteiger partial charge is 0.311 e. The summed E-state index contributed by atoms with van der Waals surface area (Å²) in [6, 6.07) is 19.9. The van der Waals surface area contributed by atoms with E-state index in [1.807, 2.05) is 18.2 Å². The maximum Gasteiger partial charge on any atom is 0.261 e. The van der Waals surface area contributed by atoms with Crippen LogP contribution < -0.4 is 9.62 Å². The van der Waals surface area contributed by atoms with Gasteiger partial charge in [0.2, 0.25) is 0 Å². The molecule has 0 aromatic heterocycles. The fraction of sp³-hybridized carbons (Fsp3) is 0.0500. The Kier molecular flexibility index (Phi) is 5.23. The van der Waals surface area contributed by atoms with Crippen LogP contribution in [0.15, 0.2) is 83.8 Å². The maximum atomic E-state index is 13.3. The number of amides is 1. The number of rotatable bonds is 5. The third-order valence-corrected chi connectivity index (χ3v) is 5.30. The number of nitrogens with zero attached hydrogens (tertiary/aromatic N) is 1. The highest BCUT2D eigenvalue weighted by Crippen LogP contribution is 2.20. The summed E-state index contributed by atoms with van der Waals surface area (Å²) in [5.74, 6) is -0.896. The second kappa shape index (κ2) is 7.59. The zero-order chi connectivity index (χ0) is 19.4. The highest BCUT2D eigenvalue weighted by molar-refractivity contribution is 7.92. The van der Waals surface area contributed by atoms with E-state index in [2.05, 4.69) is 4.72 Å². The van der Waals surface area contributed by atoms with Crippen LogP contribution in [0.5, 0.6) is 0 Å². The molecule has 0 aliphatic carbocycles. The van der Waals surface area contributed by atoms with Crippen LogP contribution in [0.3, 0.4) is 0 Å². The number of hydrogen-bond donors (Lipinski definition) is 1. The van der Waals surface area contributed by atoms with Gasteiger partial charge in [-0.15, -0.1) is 0 Å². The topological polar surface area (TPSA) is 66.5 Å². The number of sulfonamides is 1. The fourth-order valence-corrected chi connectivity index (χ4v) is 3.62. The fourth-order valence-electron chi connectivity index (χ4n) is 2.52. The first kappa shape index (κ1) is 18.6. The molecule has 5 nitrogen and oxygen atoms in total. The second-order valence-corrected chi connectivity index (χ2v) is 7.53. The first-order chi connectivity index (χ1) is 12.9. The molecular formula is C20H17FN2O3S. The maximum absolute atomic E-state index is 13.3. The molecule has 1 N–H and O–H groups in total. The Hall–Kier alpha value is -3.19. The van der Waals surface area contributed by atoms with Gasteiger partial charge >= 0.3 is 0 Å². The number of anilines is 2. The van der Waals surface area contributed by atoms with E-state index in [1.165, 1.54) is 41.3 Å². The van der Waals surface area contributed by atoms with Gasteiger partial charge in [-0.2, -0.15) is 0 Å². The van der Waals surface area contributed by atoms with E-state index < -0.39 is 15.8 Å². The summed E-state index contributed by atoms with van der Waals surface area (Å²) in [4.78, 5) is 14.0. The zero-order valence-corrected chi connectivity index (χ0v) is 15.3.